The summed E-state index contributed by atoms with van der Waals surface area (Å²) >= 11 is 0. The van der Waals surface area contributed by atoms with Crippen molar-refractivity contribution < 1.29 is 93.4 Å². The number of aryl methyl sites for hydroxylation is 1. The van der Waals surface area contributed by atoms with Gasteiger partial charge in [-0.05, 0) is 154 Å². The van der Waals surface area contributed by atoms with Gasteiger partial charge in [-0.15, -0.1) is 29.7 Å². The van der Waals surface area contributed by atoms with Gasteiger partial charge in [-0.1, -0.05) is 272 Å². The molecule has 0 atom stereocenters. The van der Waals surface area contributed by atoms with E-state index in [1.165, 1.54) is 59.2 Å². The van der Waals surface area contributed by atoms with Crippen LogP contribution >= 0.6 is 0 Å². The number of imidazole rings is 1. The number of nitrogens with zero attached hydrogens (tertiary/aromatic N) is 4. The van der Waals surface area contributed by atoms with Gasteiger partial charge < -0.3 is 13.9 Å². The minimum Gasteiger partial charge on any atom is -0.510 e. The molecule has 0 saturated heterocycles. The largest absolute Gasteiger partial charge is 0.510 e. The number of fused-ring (bicyclic) bond motifs is 6. The van der Waals surface area contributed by atoms with Crippen LogP contribution in [-0.2, 0) is 42.7 Å². The minimum atomic E-state index is -4.92. The Hall–Kier alpha value is -9.45. The fourth-order valence-corrected chi connectivity index (χ4v) is 17.6. The monoisotopic (exact) mass is 1490 g/mol. The van der Waals surface area contributed by atoms with Crippen LogP contribution in [0.2, 0.25) is 0 Å². The van der Waals surface area contributed by atoms with E-state index in [0.29, 0.717) is 16.3 Å². The van der Waals surface area contributed by atoms with E-state index < -0.39 is 245 Å². The van der Waals surface area contributed by atoms with E-state index in [2.05, 4.69) is 54.9 Å². The molecule has 96 heavy (non-hydrogen) atoms. The van der Waals surface area contributed by atoms with Crippen LogP contribution in [0.5, 0.6) is 11.5 Å². The second-order valence-corrected chi connectivity index (χ2v) is 26.9. The van der Waals surface area contributed by atoms with Crippen LogP contribution in [0, 0.1) is 25.3 Å². The molecule has 0 fully saturated rings. The summed E-state index contributed by atoms with van der Waals surface area (Å²) in [4.78, 5) is 4.82. The Morgan fingerprint density at radius 1 is 0.500 bits per heavy atom. The normalized spacial score (nSPS) is 25.5. The molecule has 16 rings (SSSR count). The van der Waals surface area contributed by atoms with E-state index >= 15 is 0 Å². The van der Waals surface area contributed by atoms with Crippen molar-refractivity contribution in [2.75, 3.05) is 0 Å². The van der Waals surface area contributed by atoms with Gasteiger partial charge in [0.2, 0.25) is 0 Å². The summed E-state index contributed by atoms with van der Waals surface area (Å²) < 4.78 is 437. The number of benzene rings is 11. The first kappa shape index (κ1) is 29.5. The molecular formula is C89H78N4OPtSi-2. The van der Waals surface area contributed by atoms with Crippen LogP contribution in [0.25, 0.3) is 83.4 Å². The van der Waals surface area contributed by atoms with E-state index in [9.17, 15) is 19.2 Å². The van der Waals surface area contributed by atoms with Crippen LogP contribution in [0.3, 0.4) is 0 Å². The Labute approximate surface area is 645 Å². The average molecular weight is 1490 g/mol. The first-order valence-electron chi connectivity index (χ1n) is 52.7. The number of aromatic nitrogens is 4. The van der Waals surface area contributed by atoms with Gasteiger partial charge >= 0.3 is 0 Å². The van der Waals surface area contributed by atoms with Crippen LogP contribution in [-0.4, -0.2) is 22.2 Å². The summed E-state index contributed by atoms with van der Waals surface area (Å²) in [6.45, 7) is -40.0. The molecule has 14 aromatic rings. The SMILES string of the molecule is [2H]c1c([2H])c([2H])c(-c2cnc(-n3c4[c-]c(Oc5[c-]c(-n6[c-][n+](-c7c(-c8c([2H])c([2H])c9c(c8[2H])C(C([2H])([2H])[2H])(C([2H])([2H])[2H])C([2H])([2H])C([2H])([2H])C9(C([2H])([2H])[2H])C([2H])([2H])[2H])cccc7-c7c([2H])c([2H])c8c(c7[2H])C(C([2H])([2H])[2H])(C([2H])([2H])[2H])C([2H])([2H])C([2H])([2H])C8(C([2H])([2H])[2H])C([2H])([2H])[2H])c7ccccc76)ccc5)ccc4c4cc([Si](c5ccccc5)(c5ccccc5)c5ccccc5)ccc43)cc2C([2H])([2H])[2H])c([2H])c1[2H].[Pt]. The van der Waals surface area contributed by atoms with Gasteiger partial charge in [0.1, 0.15) is 5.82 Å². The Bertz CT molecular complexity index is 7110. The third-order valence-electron chi connectivity index (χ3n) is 17.2. The molecule has 0 unspecified atom stereocenters. The number of pyridine rings is 1. The van der Waals surface area contributed by atoms with Crippen molar-refractivity contribution >= 4 is 61.7 Å². The first-order valence-corrected chi connectivity index (χ1v) is 31.7. The molecular weight excluding hydrogens is 1360 g/mol. The average Bonchev–Trinajstić information content (AvgIpc) is 0.679. The van der Waals surface area contributed by atoms with Gasteiger partial charge in [0, 0.05) is 97.8 Å². The maximum atomic E-state index is 10.5. The van der Waals surface area contributed by atoms with Crippen molar-refractivity contribution in [1.82, 2.24) is 14.1 Å². The van der Waals surface area contributed by atoms with E-state index in [0.717, 1.165) is 49.7 Å². The maximum Gasteiger partial charge on any atom is 0.268 e. The molecule has 476 valence electrons. The quantitative estimate of drug-likeness (QED) is 0.0529. The first-order chi connectivity index (χ1) is 64.9. The third kappa shape index (κ3) is 10.5. The van der Waals surface area contributed by atoms with E-state index in [4.69, 9.17) is 53.6 Å². The zero-order chi connectivity index (χ0) is 104. The van der Waals surface area contributed by atoms with Gasteiger partial charge in [-0.3, -0.25) is 4.57 Å². The summed E-state index contributed by atoms with van der Waals surface area (Å²) in [6.07, 6.45) is -15.4. The van der Waals surface area contributed by atoms with Crippen LogP contribution < -0.4 is 30.1 Å². The zero-order valence-corrected chi connectivity index (χ0v) is 53.3. The molecule has 0 radical (unpaired) electrons. The predicted octanol–water partition coefficient (Wildman–Crippen LogP) is 19.0. The Balaban J connectivity index is 0.0000152. The second kappa shape index (κ2) is 24.0. The molecule has 7 heteroatoms. The molecule has 11 aromatic carbocycles. The van der Waals surface area contributed by atoms with Gasteiger partial charge in [0.15, 0.2) is 8.07 Å². The Morgan fingerprint density at radius 3 is 1.66 bits per heavy atom. The van der Waals surface area contributed by atoms with Crippen molar-refractivity contribution in [3.8, 4) is 62.1 Å². The number of hydrogen-bond acceptors (Lipinski definition) is 2. The zero-order valence-electron chi connectivity index (χ0n) is 96.0. The summed E-state index contributed by atoms with van der Waals surface area (Å²) in [7, 11) is -3.39. The molecule has 0 N–H and O–H groups in total. The molecule has 3 heterocycles. The second-order valence-electron chi connectivity index (χ2n) is 23.1. The van der Waals surface area contributed by atoms with Crippen molar-refractivity contribution in [2.24, 2.45) is 0 Å². The van der Waals surface area contributed by atoms with Gasteiger partial charge in [0.05, 0.1) is 31.8 Å². The molecule has 3 aromatic heterocycles. The fraction of sp³-hybridized carbons (Fsp3) is 0.191. The minimum absolute atomic E-state index is 0. The summed E-state index contributed by atoms with van der Waals surface area (Å²) in [5.41, 5.74) is -33.7. The molecule has 0 spiro atoms. The van der Waals surface area contributed by atoms with Crippen molar-refractivity contribution in [2.45, 2.75) is 109 Å². The van der Waals surface area contributed by atoms with Gasteiger partial charge in [-0.2, -0.15) is 18.2 Å². The topological polar surface area (TPSA) is 35.9 Å². The Kier molecular flexibility index (Phi) is 7.38. The van der Waals surface area contributed by atoms with Crippen LogP contribution in [0.15, 0.2) is 261 Å². The fourth-order valence-electron chi connectivity index (χ4n) is 12.8. The smallest absolute Gasteiger partial charge is 0.268 e. The summed E-state index contributed by atoms with van der Waals surface area (Å²) in [5.74, 6) is -0.399. The molecule has 0 bridgehead atoms. The molecule has 5 nitrogen and oxygen atoms in total. The number of rotatable bonds is 12. The Morgan fingerprint density at radius 2 is 1.06 bits per heavy atom. The number of hydrogen-bond donors (Lipinski definition) is 0. The third-order valence-corrected chi connectivity index (χ3v) is 21.9. The van der Waals surface area contributed by atoms with Crippen molar-refractivity contribution in [3.63, 3.8) is 0 Å². The molecule has 2 aliphatic carbocycles. The number of ether oxygens (including phenoxy) is 1. The van der Waals surface area contributed by atoms with E-state index in [-0.39, 0.29) is 66.2 Å². The van der Waals surface area contributed by atoms with Crippen molar-refractivity contribution in [1.29, 1.82) is 0 Å². The standard InChI is InChI=1S/C89H78N4OSi.Pt/c1-60-52-84(90-58-75(60)61-26-14-10-15-27-61)93-80-47-43-70(95(67-30-16-11-17-31-67,68-32-18-12-19-33-68)69-34-20-13-21-35-69)57-74(80)73-44-42-66(56-83(73)93)94-65-29-24-28-64(55-65)91-59-92(82-39-23-22-38-81(82)91)85-71(62-40-45-76-78(53-62)88(6,7)50-48-86(76,2)3)36-25-37-72(85)63-41-46-77-79(54-63)89(8,9)51-49-87(77,4)5;/h10-47,52-54,57-58H,48-51H2,1-9H3;/q-2;/i1D3,2D3,3D3,4D3,5D3,6D3,7D3,8D3,9D3,10D,14D,15D,26D,27D,40D,41D,45D,46D,48D2,49D2,50D2,51D2,53D,54D;. The van der Waals surface area contributed by atoms with E-state index in [1.54, 1.807) is 10.6 Å². The summed E-state index contributed by atoms with van der Waals surface area (Å²) in [5, 5.41) is 4.84. The van der Waals surface area contributed by atoms with Crippen LogP contribution in [0.4, 0.5) is 0 Å². The van der Waals surface area contributed by atoms with Gasteiger partial charge in [-0.25, -0.2) is 4.98 Å². The summed E-state index contributed by atoms with van der Waals surface area (Å²) in [6, 6.07) is 44.1. The molecule has 2 aliphatic rings. The number of para-hydroxylation sites is 3. The van der Waals surface area contributed by atoms with Crippen molar-refractivity contribution in [3.05, 3.63) is 307 Å². The molecule has 0 amide bonds. The predicted molar refractivity (Wildman–Crippen MR) is 395 cm³/mol. The molecule has 0 saturated carbocycles. The van der Waals surface area contributed by atoms with Gasteiger partial charge in [0.25, 0.3) is 6.33 Å². The van der Waals surface area contributed by atoms with E-state index in [1.807, 2.05) is 72.8 Å². The molecule has 0 aliphatic heterocycles. The maximum absolute atomic E-state index is 10.5. The van der Waals surface area contributed by atoms with Crippen LogP contribution in [0.1, 0.15) is 171 Å².